The molecule has 0 bridgehead atoms. The summed E-state index contributed by atoms with van der Waals surface area (Å²) in [7, 11) is 0. The van der Waals surface area contributed by atoms with Crippen LogP contribution in [0.1, 0.15) is 5.56 Å². The van der Waals surface area contributed by atoms with Gasteiger partial charge in [0.25, 0.3) is 5.91 Å². The van der Waals surface area contributed by atoms with E-state index < -0.39 is 0 Å². The fourth-order valence-corrected chi connectivity index (χ4v) is 2.81. The third-order valence-electron chi connectivity index (χ3n) is 3.41. The zero-order chi connectivity index (χ0) is 16.2. The number of carbonyl (C=O) groups is 1. The van der Waals surface area contributed by atoms with Crippen LogP contribution in [0, 0.1) is 63.7 Å². The molecule has 0 unspecified atom stereocenters. The monoisotopic (exact) mass is 397 g/mol. The van der Waals surface area contributed by atoms with E-state index >= 15 is 0 Å². The Morgan fingerprint density at radius 2 is 1.38 bits per heavy atom. The molecule has 3 aliphatic rings. The largest absolute Gasteiger partial charge is 2.00 e. The average Bonchev–Trinajstić information content (AvgIpc) is 3.28. The van der Waals surface area contributed by atoms with E-state index in [4.69, 9.17) is 23.2 Å². The number of hydrogen-bond donors (Lipinski definition) is 1. The molecule has 1 N–H and O–H groups in total. The first-order chi connectivity index (χ1) is 11.2. The fraction of sp³-hybridized carbons (Fsp3) is 0. The summed E-state index contributed by atoms with van der Waals surface area (Å²) in [6, 6.07) is 3.37. The van der Waals surface area contributed by atoms with Crippen molar-refractivity contribution in [3.8, 4) is 0 Å². The molecule has 10 radical (unpaired) electrons. The number of hydrogen-bond acceptors (Lipinski definition) is 1. The molecule has 2 aliphatic carbocycles. The van der Waals surface area contributed by atoms with Gasteiger partial charge in [-0.15, -0.1) is 0 Å². The number of fused-ring (bicyclic) bond motifs is 1. The van der Waals surface area contributed by atoms with Gasteiger partial charge in [0.05, 0.1) is 15.7 Å². The van der Waals surface area contributed by atoms with E-state index in [0.29, 0.717) is 26.9 Å². The summed E-state index contributed by atoms with van der Waals surface area (Å²) in [5.74, 6) is 0.783. The Kier molecular flexibility index (Phi) is 7.68. The van der Waals surface area contributed by atoms with E-state index in [1.165, 1.54) is 0 Å². The first kappa shape index (κ1) is 19.8. The maximum absolute atomic E-state index is 12.0. The van der Waals surface area contributed by atoms with Gasteiger partial charge in [0.2, 0.25) is 0 Å². The number of allylic oxidation sites excluding steroid dienone is 1. The molecule has 1 aromatic carbocycles. The van der Waals surface area contributed by atoms with Gasteiger partial charge in [0.1, 0.15) is 0 Å². The van der Waals surface area contributed by atoms with Crippen LogP contribution in [0.15, 0.2) is 18.2 Å². The van der Waals surface area contributed by atoms with Crippen molar-refractivity contribution in [3.63, 3.8) is 0 Å². The van der Waals surface area contributed by atoms with Gasteiger partial charge in [-0.3, -0.25) is 4.79 Å². The third kappa shape index (κ3) is 4.58. The van der Waals surface area contributed by atoms with Gasteiger partial charge < -0.3 is 5.32 Å². The molecule has 0 aromatic heterocycles. The zero-order valence-electron chi connectivity index (χ0n) is 12.4. The van der Waals surface area contributed by atoms with Gasteiger partial charge in [-0.05, 0) is 69.9 Å². The minimum atomic E-state index is -0.179. The molecule has 0 atom stereocenters. The summed E-state index contributed by atoms with van der Waals surface area (Å²) >= 11 is 12.2. The molecule has 5 heteroatoms. The third-order valence-corrected chi connectivity index (χ3v) is 4.04. The van der Waals surface area contributed by atoms with Gasteiger partial charge in [0.15, 0.2) is 0 Å². The Bertz CT molecular complexity index is 612. The fourth-order valence-electron chi connectivity index (χ4n) is 2.34. The Balaban J connectivity index is 0.000000300. The van der Waals surface area contributed by atoms with Crippen LogP contribution >= 0.6 is 23.2 Å². The molecule has 1 aromatic rings. The van der Waals surface area contributed by atoms with Crippen molar-refractivity contribution in [1.82, 2.24) is 0 Å². The minimum Gasteiger partial charge on any atom is -0.320 e. The number of amides is 1. The van der Waals surface area contributed by atoms with Crippen LogP contribution in [-0.4, -0.2) is 5.91 Å². The maximum atomic E-state index is 12.0. The molecule has 0 spiro atoms. The van der Waals surface area contributed by atoms with Crippen molar-refractivity contribution in [3.05, 3.63) is 97.5 Å². The van der Waals surface area contributed by atoms with E-state index in [1.807, 2.05) is 63.9 Å². The van der Waals surface area contributed by atoms with Gasteiger partial charge in [-0.2, -0.15) is 0 Å². The second-order valence-electron chi connectivity index (χ2n) is 4.97. The topological polar surface area (TPSA) is 29.1 Å². The normalized spacial score (nSPS) is 21.1. The summed E-state index contributed by atoms with van der Waals surface area (Å²) in [6.45, 7) is 0. The molecule has 2 nitrogen and oxygen atoms in total. The van der Waals surface area contributed by atoms with E-state index in [9.17, 15) is 4.79 Å². The summed E-state index contributed by atoms with van der Waals surface area (Å²) in [5, 5.41) is 3.76. The number of halogens is 2. The molecular formula is C19H13Cl2FeNO+2. The van der Waals surface area contributed by atoms with Gasteiger partial charge in [-0.25, -0.2) is 0 Å². The van der Waals surface area contributed by atoms with E-state index in [2.05, 4.69) is 5.32 Å². The number of nitrogens with one attached hydrogen (secondary N) is 1. The Hall–Kier alpha value is -0.471. The Morgan fingerprint density at radius 1 is 0.833 bits per heavy atom. The molecule has 24 heavy (non-hydrogen) atoms. The predicted molar refractivity (Wildman–Crippen MR) is 95.0 cm³/mol. The molecule has 1 amide bonds. The van der Waals surface area contributed by atoms with E-state index in [1.54, 1.807) is 12.1 Å². The Morgan fingerprint density at radius 3 is 1.96 bits per heavy atom. The number of rotatable bonds is 1. The number of benzene rings is 1. The van der Waals surface area contributed by atoms with Crippen molar-refractivity contribution in [1.29, 1.82) is 0 Å². The van der Waals surface area contributed by atoms with E-state index in [0.717, 1.165) is 5.92 Å². The molecule has 1 aliphatic heterocycles. The van der Waals surface area contributed by atoms with Crippen molar-refractivity contribution in [2.75, 3.05) is 5.32 Å². The van der Waals surface area contributed by atoms with Crippen molar-refractivity contribution >= 4 is 40.4 Å². The zero-order valence-corrected chi connectivity index (χ0v) is 15.1. The maximum Gasteiger partial charge on any atom is 2.00 e. The molecule has 2 saturated carbocycles. The van der Waals surface area contributed by atoms with Gasteiger partial charge in [0, 0.05) is 17.1 Å². The molecule has 1 heterocycles. The SMILES string of the molecule is O=C1Nc2c(Cl)ccc(Cl)c2/C1=C\[C]1[CH][CH][CH][CH]1.[CH]1[CH][CH][CH][CH]1.[Fe+2]. The smallest absolute Gasteiger partial charge is 0.320 e. The first-order valence-corrected chi connectivity index (χ1v) is 7.82. The average molecular weight is 398 g/mol. The van der Waals surface area contributed by atoms with Crippen LogP contribution in [0.5, 0.6) is 0 Å². The summed E-state index contributed by atoms with van der Waals surface area (Å²) in [6.07, 6.45) is 19.5. The minimum absolute atomic E-state index is 0. The van der Waals surface area contributed by atoms with Crippen LogP contribution in [0.25, 0.3) is 5.57 Å². The van der Waals surface area contributed by atoms with E-state index in [-0.39, 0.29) is 23.0 Å². The second kappa shape index (κ2) is 9.29. The van der Waals surface area contributed by atoms with Crippen LogP contribution in [0.4, 0.5) is 5.69 Å². The van der Waals surface area contributed by atoms with Crippen LogP contribution in [0.2, 0.25) is 10.0 Å². The van der Waals surface area contributed by atoms with Crippen LogP contribution in [0.3, 0.4) is 0 Å². The van der Waals surface area contributed by atoms with Crippen molar-refractivity contribution < 1.29 is 21.9 Å². The van der Waals surface area contributed by atoms with Crippen LogP contribution < -0.4 is 5.32 Å². The molecule has 0 saturated heterocycles. The standard InChI is InChI=1S/C14H8Cl2NO.C5H5.Fe/c15-10-5-6-11(16)13-12(10)9(14(18)17-13)7-8-3-1-2-4-8;1-2-4-5-3-1;/h1-7H,(H,17,18);1-5H;/q;;+2/b9-7+;;. The molecular weight excluding hydrogens is 385 g/mol. The summed E-state index contributed by atoms with van der Waals surface area (Å²) < 4.78 is 0. The van der Waals surface area contributed by atoms with Crippen LogP contribution in [-0.2, 0) is 21.9 Å². The summed E-state index contributed by atoms with van der Waals surface area (Å²) in [5.41, 5.74) is 1.81. The molecule has 2 fully saturated rings. The van der Waals surface area contributed by atoms with Crippen molar-refractivity contribution in [2.45, 2.75) is 0 Å². The van der Waals surface area contributed by atoms with Crippen molar-refractivity contribution in [2.24, 2.45) is 0 Å². The Labute approximate surface area is 164 Å². The number of carbonyl (C=O) groups excluding carboxylic acids is 1. The number of anilines is 1. The first-order valence-electron chi connectivity index (χ1n) is 7.06. The van der Waals surface area contributed by atoms with Gasteiger partial charge >= 0.3 is 17.1 Å². The summed E-state index contributed by atoms with van der Waals surface area (Å²) in [4.78, 5) is 12.0. The predicted octanol–water partition coefficient (Wildman–Crippen LogP) is 4.75. The van der Waals surface area contributed by atoms with Gasteiger partial charge in [-0.1, -0.05) is 29.3 Å². The molecule has 120 valence electrons. The second-order valence-corrected chi connectivity index (χ2v) is 5.79. The molecule has 4 rings (SSSR count). The quantitative estimate of drug-likeness (QED) is 0.537.